The summed E-state index contributed by atoms with van der Waals surface area (Å²) in [6, 6.07) is 7.83. The van der Waals surface area contributed by atoms with Crippen LogP contribution in [0.25, 0.3) is 0 Å². The number of nitrogens with one attached hydrogen (secondary N) is 1. The van der Waals surface area contributed by atoms with Crippen molar-refractivity contribution >= 4 is 5.91 Å². The van der Waals surface area contributed by atoms with E-state index in [0.717, 1.165) is 37.2 Å². The molecule has 1 aliphatic rings. The first-order valence-electron chi connectivity index (χ1n) is 8.46. The molecule has 1 heterocycles. The standard InChI is InChI=1S/C18H28N2O3/c1-3-19-18(22)15-7-9-20(10-8-15)12-16(21)13-23-17-6-4-5-14(2)11-17/h4-6,11,15-16,21H,3,7-10,12-13H2,1-2H3,(H,19,22). The van der Waals surface area contributed by atoms with E-state index in [4.69, 9.17) is 4.74 Å². The lowest BCUT2D eigenvalue weighted by Gasteiger charge is -2.32. The van der Waals surface area contributed by atoms with Crippen LogP contribution in [0.1, 0.15) is 25.3 Å². The maximum Gasteiger partial charge on any atom is 0.223 e. The van der Waals surface area contributed by atoms with Crippen molar-refractivity contribution in [2.45, 2.75) is 32.8 Å². The maximum absolute atomic E-state index is 11.8. The average Bonchev–Trinajstić information content (AvgIpc) is 2.54. The van der Waals surface area contributed by atoms with Gasteiger partial charge < -0.3 is 20.1 Å². The lowest BCUT2D eigenvalue weighted by Crippen LogP contribution is -2.44. The molecule has 1 amide bonds. The third kappa shape index (κ3) is 5.84. The van der Waals surface area contributed by atoms with Gasteiger partial charge in [0.05, 0.1) is 0 Å². The van der Waals surface area contributed by atoms with Crippen LogP contribution in [-0.2, 0) is 4.79 Å². The van der Waals surface area contributed by atoms with Gasteiger partial charge in [0.25, 0.3) is 0 Å². The Bertz CT molecular complexity index is 499. The molecule has 23 heavy (non-hydrogen) atoms. The number of rotatable bonds is 7. The van der Waals surface area contributed by atoms with E-state index in [1.54, 1.807) is 0 Å². The first kappa shape index (κ1) is 17.8. The number of aliphatic hydroxyl groups is 1. The quantitative estimate of drug-likeness (QED) is 0.801. The van der Waals surface area contributed by atoms with E-state index in [9.17, 15) is 9.90 Å². The number of carbonyl (C=O) groups excluding carboxylic acids is 1. The van der Waals surface area contributed by atoms with Crippen molar-refractivity contribution in [3.63, 3.8) is 0 Å². The Morgan fingerprint density at radius 3 is 2.83 bits per heavy atom. The molecule has 0 saturated carbocycles. The number of β-amino-alcohol motifs (C(OH)–C–C–N with tert-alkyl or cyclic N) is 1. The number of ether oxygens (including phenoxy) is 1. The number of hydrogen-bond acceptors (Lipinski definition) is 4. The molecule has 0 radical (unpaired) electrons. The Morgan fingerprint density at radius 2 is 2.17 bits per heavy atom. The predicted octanol–water partition coefficient (Wildman–Crippen LogP) is 1.58. The predicted molar refractivity (Wildman–Crippen MR) is 90.5 cm³/mol. The van der Waals surface area contributed by atoms with Gasteiger partial charge in [-0.2, -0.15) is 0 Å². The van der Waals surface area contributed by atoms with Gasteiger partial charge in [0.1, 0.15) is 18.5 Å². The van der Waals surface area contributed by atoms with E-state index >= 15 is 0 Å². The molecule has 0 bridgehead atoms. The lowest BCUT2D eigenvalue weighted by molar-refractivity contribution is -0.126. The van der Waals surface area contributed by atoms with E-state index in [1.807, 2.05) is 38.1 Å². The summed E-state index contributed by atoms with van der Waals surface area (Å²) >= 11 is 0. The van der Waals surface area contributed by atoms with Crippen molar-refractivity contribution in [3.05, 3.63) is 29.8 Å². The summed E-state index contributed by atoms with van der Waals surface area (Å²) in [7, 11) is 0. The number of likely N-dealkylation sites (tertiary alicyclic amines) is 1. The van der Waals surface area contributed by atoms with E-state index < -0.39 is 6.10 Å². The number of piperidine rings is 1. The molecule has 2 rings (SSSR count). The Labute approximate surface area is 138 Å². The van der Waals surface area contributed by atoms with Crippen molar-refractivity contribution < 1.29 is 14.6 Å². The van der Waals surface area contributed by atoms with Crippen LogP contribution in [-0.4, -0.2) is 54.8 Å². The van der Waals surface area contributed by atoms with Crippen molar-refractivity contribution in [3.8, 4) is 5.75 Å². The Balaban J connectivity index is 1.68. The van der Waals surface area contributed by atoms with Gasteiger partial charge in [-0.25, -0.2) is 0 Å². The fourth-order valence-electron chi connectivity index (χ4n) is 2.94. The third-order valence-corrected chi connectivity index (χ3v) is 4.21. The minimum atomic E-state index is -0.517. The maximum atomic E-state index is 11.8. The molecule has 0 aromatic heterocycles. The van der Waals surface area contributed by atoms with Gasteiger partial charge in [0.2, 0.25) is 5.91 Å². The van der Waals surface area contributed by atoms with Crippen LogP contribution in [0.4, 0.5) is 0 Å². The van der Waals surface area contributed by atoms with Gasteiger partial charge in [0.15, 0.2) is 0 Å². The molecule has 2 N–H and O–H groups in total. The summed E-state index contributed by atoms with van der Waals surface area (Å²) in [5.74, 6) is 1.07. The Hall–Kier alpha value is -1.59. The van der Waals surface area contributed by atoms with Gasteiger partial charge in [-0.1, -0.05) is 12.1 Å². The summed E-state index contributed by atoms with van der Waals surface area (Å²) in [6.07, 6.45) is 1.20. The molecule has 5 nitrogen and oxygen atoms in total. The summed E-state index contributed by atoms with van der Waals surface area (Å²) < 4.78 is 5.64. The van der Waals surface area contributed by atoms with E-state index in [-0.39, 0.29) is 11.8 Å². The van der Waals surface area contributed by atoms with Crippen LogP contribution in [0.5, 0.6) is 5.75 Å². The minimum Gasteiger partial charge on any atom is -0.491 e. The molecule has 0 aliphatic carbocycles. The van der Waals surface area contributed by atoms with Gasteiger partial charge in [-0.05, 0) is 57.5 Å². The second-order valence-corrected chi connectivity index (χ2v) is 6.25. The molecule has 5 heteroatoms. The van der Waals surface area contributed by atoms with E-state index in [1.165, 1.54) is 0 Å². The zero-order valence-electron chi connectivity index (χ0n) is 14.1. The van der Waals surface area contributed by atoms with Crippen LogP contribution >= 0.6 is 0 Å². The van der Waals surface area contributed by atoms with Gasteiger partial charge >= 0.3 is 0 Å². The number of carbonyl (C=O) groups is 1. The highest BCUT2D eigenvalue weighted by atomic mass is 16.5. The second-order valence-electron chi connectivity index (χ2n) is 6.25. The van der Waals surface area contributed by atoms with Crippen LogP contribution in [0.2, 0.25) is 0 Å². The van der Waals surface area contributed by atoms with E-state index in [2.05, 4.69) is 10.2 Å². The highest BCUT2D eigenvalue weighted by Crippen LogP contribution is 2.18. The SMILES string of the molecule is CCNC(=O)C1CCN(CC(O)COc2cccc(C)c2)CC1. The zero-order valence-corrected chi connectivity index (χ0v) is 14.1. The molecule has 1 unspecified atom stereocenters. The summed E-state index contributed by atoms with van der Waals surface area (Å²) in [6.45, 7) is 7.23. The largest absolute Gasteiger partial charge is 0.491 e. The molecule has 1 aliphatic heterocycles. The number of amides is 1. The topological polar surface area (TPSA) is 61.8 Å². The Kier molecular flexibility index (Phi) is 6.86. The molecule has 1 aromatic rings. The monoisotopic (exact) mass is 320 g/mol. The summed E-state index contributed by atoms with van der Waals surface area (Å²) in [4.78, 5) is 14.0. The van der Waals surface area contributed by atoms with Crippen LogP contribution in [0.3, 0.4) is 0 Å². The summed E-state index contributed by atoms with van der Waals surface area (Å²) in [5, 5.41) is 13.0. The fourth-order valence-corrected chi connectivity index (χ4v) is 2.94. The van der Waals surface area contributed by atoms with Gasteiger partial charge in [-0.15, -0.1) is 0 Å². The summed E-state index contributed by atoms with van der Waals surface area (Å²) in [5.41, 5.74) is 1.14. The number of benzene rings is 1. The first-order valence-corrected chi connectivity index (χ1v) is 8.46. The molecule has 128 valence electrons. The molecule has 1 saturated heterocycles. The molecular formula is C18H28N2O3. The number of aliphatic hydroxyl groups excluding tert-OH is 1. The highest BCUT2D eigenvalue weighted by Gasteiger charge is 2.25. The smallest absolute Gasteiger partial charge is 0.223 e. The lowest BCUT2D eigenvalue weighted by atomic mass is 9.96. The normalized spacial score (nSPS) is 17.7. The fraction of sp³-hybridized carbons (Fsp3) is 0.611. The number of aryl methyl sites for hydroxylation is 1. The minimum absolute atomic E-state index is 0.117. The van der Waals surface area contributed by atoms with Gasteiger partial charge in [0, 0.05) is 19.0 Å². The Morgan fingerprint density at radius 1 is 1.43 bits per heavy atom. The number of hydrogen-bond donors (Lipinski definition) is 2. The molecule has 1 atom stereocenters. The first-order chi connectivity index (χ1) is 11.1. The van der Waals surface area contributed by atoms with E-state index in [0.29, 0.717) is 19.7 Å². The van der Waals surface area contributed by atoms with Gasteiger partial charge in [-0.3, -0.25) is 4.79 Å². The molecule has 0 spiro atoms. The van der Waals surface area contributed by atoms with Crippen molar-refractivity contribution in [1.82, 2.24) is 10.2 Å². The molecule has 1 fully saturated rings. The van der Waals surface area contributed by atoms with Crippen LogP contribution in [0, 0.1) is 12.8 Å². The van der Waals surface area contributed by atoms with Crippen LogP contribution in [0.15, 0.2) is 24.3 Å². The third-order valence-electron chi connectivity index (χ3n) is 4.21. The molecule has 1 aromatic carbocycles. The van der Waals surface area contributed by atoms with Crippen molar-refractivity contribution in [2.24, 2.45) is 5.92 Å². The average molecular weight is 320 g/mol. The van der Waals surface area contributed by atoms with Crippen molar-refractivity contribution in [1.29, 1.82) is 0 Å². The van der Waals surface area contributed by atoms with Crippen LogP contribution < -0.4 is 10.1 Å². The molecular weight excluding hydrogens is 292 g/mol. The van der Waals surface area contributed by atoms with Crippen molar-refractivity contribution in [2.75, 3.05) is 32.8 Å². The zero-order chi connectivity index (χ0) is 16.7. The number of nitrogens with zero attached hydrogens (tertiary/aromatic N) is 1. The second kappa shape index (κ2) is 8.89. The highest BCUT2D eigenvalue weighted by molar-refractivity contribution is 5.78.